The van der Waals surface area contributed by atoms with Gasteiger partial charge in [0.1, 0.15) is 23.9 Å². The summed E-state index contributed by atoms with van der Waals surface area (Å²) >= 11 is 0. The van der Waals surface area contributed by atoms with Crippen molar-refractivity contribution in [3.05, 3.63) is 83.2 Å². The molecule has 3 aromatic carbocycles. The molecule has 0 bridgehead atoms. The monoisotopic (exact) mass is 448 g/mol. The second-order valence-electron chi connectivity index (χ2n) is 8.44. The van der Waals surface area contributed by atoms with Gasteiger partial charge in [-0.25, -0.2) is 4.39 Å². The van der Waals surface area contributed by atoms with E-state index in [1.54, 1.807) is 12.1 Å². The highest BCUT2D eigenvalue weighted by molar-refractivity contribution is 5.67. The normalized spacial score (nSPS) is 15.0. The summed E-state index contributed by atoms with van der Waals surface area (Å²) in [5.74, 6) is 0.759. The first-order chi connectivity index (χ1) is 16.0. The number of hydrogen-bond donors (Lipinski definition) is 1. The number of aryl methyl sites for hydroxylation is 1. The van der Waals surface area contributed by atoms with Gasteiger partial charge < -0.3 is 14.6 Å². The zero-order valence-electron chi connectivity index (χ0n) is 18.9. The lowest BCUT2D eigenvalue weighted by Crippen LogP contribution is -2.11. The van der Waals surface area contributed by atoms with Crippen molar-refractivity contribution in [2.75, 3.05) is 6.61 Å². The first-order valence-corrected chi connectivity index (χ1v) is 11.5. The minimum atomic E-state index is -0.738. The van der Waals surface area contributed by atoms with Gasteiger partial charge in [-0.15, -0.1) is 0 Å². The molecule has 0 unspecified atom stereocenters. The molecule has 0 spiro atoms. The van der Waals surface area contributed by atoms with Crippen LogP contribution >= 0.6 is 0 Å². The second-order valence-corrected chi connectivity index (χ2v) is 8.44. The van der Waals surface area contributed by atoms with Gasteiger partial charge in [-0.2, -0.15) is 0 Å². The van der Waals surface area contributed by atoms with E-state index < -0.39 is 5.97 Å². The standard InChI is InChI=1S/C28H29FO4/c1-2-32-24-12-14-27(29)26(17-24)21-8-6-19(7-9-21)18-33-23-11-13-25-20(10-15-28(30)31)4-3-5-22(25)16-23/h6-9,11-14,16-17,20H,2-5,10,15,18H2,1H3,(H,30,31)/t20-/m0/s1. The zero-order valence-corrected chi connectivity index (χ0v) is 18.9. The summed E-state index contributed by atoms with van der Waals surface area (Å²) in [5, 5.41) is 9.00. The molecule has 0 amide bonds. The Kier molecular flexibility index (Phi) is 7.28. The van der Waals surface area contributed by atoms with Crippen molar-refractivity contribution < 1.29 is 23.8 Å². The number of hydrogen-bond acceptors (Lipinski definition) is 3. The molecule has 1 atom stereocenters. The third-order valence-electron chi connectivity index (χ3n) is 6.18. The fraction of sp³-hybridized carbons (Fsp3) is 0.321. The molecule has 5 heteroatoms. The summed E-state index contributed by atoms with van der Waals surface area (Å²) in [6.07, 6.45) is 4.00. The minimum absolute atomic E-state index is 0.207. The van der Waals surface area contributed by atoms with Gasteiger partial charge in [0, 0.05) is 12.0 Å². The molecule has 3 aromatic rings. The van der Waals surface area contributed by atoms with Crippen molar-refractivity contribution >= 4 is 5.97 Å². The van der Waals surface area contributed by atoms with E-state index in [-0.39, 0.29) is 12.2 Å². The molecule has 1 N–H and O–H groups in total. The molecular weight excluding hydrogens is 419 g/mol. The summed E-state index contributed by atoms with van der Waals surface area (Å²) in [6, 6.07) is 18.6. The van der Waals surface area contributed by atoms with Gasteiger partial charge in [-0.3, -0.25) is 4.79 Å². The molecule has 33 heavy (non-hydrogen) atoms. The maximum absolute atomic E-state index is 14.3. The lowest BCUT2D eigenvalue weighted by Gasteiger charge is -2.25. The molecule has 1 aliphatic rings. The highest BCUT2D eigenvalue weighted by atomic mass is 19.1. The van der Waals surface area contributed by atoms with Crippen LogP contribution < -0.4 is 9.47 Å². The van der Waals surface area contributed by atoms with Crippen molar-refractivity contribution in [1.82, 2.24) is 0 Å². The van der Waals surface area contributed by atoms with E-state index in [4.69, 9.17) is 14.6 Å². The minimum Gasteiger partial charge on any atom is -0.494 e. The van der Waals surface area contributed by atoms with E-state index in [2.05, 4.69) is 12.1 Å². The van der Waals surface area contributed by atoms with Gasteiger partial charge in [0.05, 0.1) is 6.61 Å². The molecule has 4 rings (SSSR count). The Morgan fingerprint density at radius 1 is 1.03 bits per heavy atom. The predicted octanol–water partition coefficient (Wildman–Crippen LogP) is 6.76. The Morgan fingerprint density at radius 2 is 1.79 bits per heavy atom. The molecule has 0 aromatic heterocycles. The molecular formula is C28H29FO4. The van der Waals surface area contributed by atoms with Gasteiger partial charge in [0.2, 0.25) is 0 Å². The van der Waals surface area contributed by atoms with Gasteiger partial charge in [0.15, 0.2) is 0 Å². The molecule has 4 nitrogen and oxygen atoms in total. The second kappa shape index (κ2) is 10.5. The molecule has 1 aliphatic carbocycles. The lowest BCUT2D eigenvalue weighted by atomic mass is 9.80. The Bertz CT molecular complexity index is 1110. The maximum atomic E-state index is 14.3. The molecule has 0 heterocycles. The number of fused-ring (bicyclic) bond motifs is 1. The van der Waals surface area contributed by atoms with Crippen molar-refractivity contribution in [1.29, 1.82) is 0 Å². The molecule has 0 aliphatic heterocycles. The van der Waals surface area contributed by atoms with Crippen LogP contribution in [0.3, 0.4) is 0 Å². The lowest BCUT2D eigenvalue weighted by molar-refractivity contribution is -0.137. The highest BCUT2D eigenvalue weighted by Gasteiger charge is 2.21. The van der Waals surface area contributed by atoms with Crippen molar-refractivity contribution in [2.24, 2.45) is 0 Å². The quantitative estimate of drug-likeness (QED) is 0.393. The van der Waals surface area contributed by atoms with Gasteiger partial charge in [-0.05, 0) is 91.1 Å². The number of halogens is 1. The van der Waals surface area contributed by atoms with Crippen LogP contribution in [-0.4, -0.2) is 17.7 Å². The van der Waals surface area contributed by atoms with Crippen LogP contribution in [0.1, 0.15) is 55.2 Å². The van der Waals surface area contributed by atoms with Crippen LogP contribution in [0.5, 0.6) is 11.5 Å². The zero-order chi connectivity index (χ0) is 23.2. The van der Waals surface area contributed by atoms with Crippen LogP contribution in [-0.2, 0) is 17.8 Å². The van der Waals surface area contributed by atoms with E-state index in [0.29, 0.717) is 36.9 Å². The van der Waals surface area contributed by atoms with E-state index >= 15 is 0 Å². The van der Waals surface area contributed by atoms with Gasteiger partial charge in [0.25, 0.3) is 0 Å². The average molecular weight is 449 g/mol. The number of aliphatic carboxylic acids is 1. The molecule has 0 radical (unpaired) electrons. The van der Waals surface area contributed by atoms with Crippen molar-refractivity contribution in [3.8, 4) is 22.6 Å². The summed E-state index contributed by atoms with van der Waals surface area (Å²) in [7, 11) is 0. The van der Waals surface area contributed by atoms with E-state index in [1.807, 2.05) is 37.3 Å². The average Bonchev–Trinajstić information content (AvgIpc) is 2.83. The molecule has 0 saturated carbocycles. The van der Waals surface area contributed by atoms with Crippen LogP contribution in [0, 0.1) is 5.82 Å². The van der Waals surface area contributed by atoms with E-state index in [1.165, 1.54) is 17.2 Å². The molecule has 172 valence electrons. The van der Waals surface area contributed by atoms with Crippen LogP contribution in [0.2, 0.25) is 0 Å². The Hall–Kier alpha value is -3.34. The SMILES string of the molecule is CCOc1ccc(F)c(-c2ccc(COc3ccc4c(c3)CCC[C@H]4CCC(=O)O)cc2)c1. The first-order valence-electron chi connectivity index (χ1n) is 11.5. The number of ether oxygens (including phenoxy) is 2. The van der Waals surface area contributed by atoms with Crippen LogP contribution in [0.15, 0.2) is 60.7 Å². The van der Waals surface area contributed by atoms with Gasteiger partial charge in [-0.1, -0.05) is 30.3 Å². The van der Waals surface area contributed by atoms with E-state index in [0.717, 1.165) is 36.1 Å². The first kappa shape index (κ1) is 22.8. The number of benzene rings is 3. The highest BCUT2D eigenvalue weighted by Crippen LogP contribution is 2.36. The van der Waals surface area contributed by atoms with Gasteiger partial charge >= 0.3 is 5.97 Å². The summed E-state index contributed by atoms with van der Waals surface area (Å²) in [6.45, 7) is 2.86. The summed E-state index contributed by atoms with van der Waals surface area (Å²) in [4.78, 5) is 10.9. The number of carbonyl (C=O) groups is 1. The van der Waals surface area contributed by atoms with Crippen molar-refractivity contribution in [3.63, 3.8) is 0 Å². The molecule has 0 saturated heterocycles. The van der Waals surface area contributed by atoms with Crippen LogP contribution in [0.4, 0.5) is 4.39 Å². The smallest absolute Gasteiger partial charge is 0.303 e. The fourth-order valence-corrected chi connectivity index (χ4v) is 4.51. The molecule has 0 fully saturated rings. The Morgan fingerprint density at radius 3 is 2.55 bits per heavy atom. The van der Waals surface area contributed by atoms with Crippen LogP contribution in [0.25, 0.3) is 11.1 Å². The predicted molar refractivity (Wildman–Crippen MR) is 126 cm³/mol. The fourth-order valence-electron chi connectivity index (χ4n) is 4.51. The number of rotatable bonds is 9. The third-order valence-corrected chi connectivity index (χ3v) is 6.18. The largest absolute Gasteiger partial charge is 0.494 e. The number of carboxylic acid groups (broad SMARTS) is 1. The Labute approximate surface area is 194 Å². The summed E-state index contributed by atoms with van der Waals surface area (Å²) < 4.78 is 25.8. The van der Waals surface area contributed by atoms with Crippen molar-refractivity contribution in [2.45, 2.75) is 51.6 Å². The summed E-state index contributed by atoms with van der Waals surface area (Å²) in [5.41, 5.74) is 4.82. The van der Waals surface area contributed by atoms with E-state index in [9.17, 15) is 9.18 Å². The third kappa shape index (κ3) is 5.72. The topological polar surface area (TPSA) is 55.8 Å². The maximum Gasteiger partial charge on any atom is 0.303 e. The Balaban J connectivity index is 1.41. The number of carboxylic acids is 1.